The summed E-state index contributed by atoms with van der Waals surface area (Å²) in [5.41, 5.74) is 0. The third-order valence-corrected chi connectivity index (χ3v) is 4.91. The molecule has 2 fully saturated rings. The molecule has 2 aliphatic rings. The molecule has 1 aromatic rings. The molecule has 5 heteroatoms. The van der Waals surface area contributed by atoms with E-state index in [1.807, 2.05) is 24.3 Å². The number of carbonyl (C=O) groups is 1. The summed E-state index contributed by atoms with van der Waals surface area (Å²) < 4.78 is 10.9. The zero-order valence-electron chi connectivity index (χ0n) is 13.6. The number of carboxylic acid groups (broad SMARTS) is 1. The Morgan fingerprint density at radius 3 is 2.78 bits per heavy atom. The SMILES string of the molecule is COc1cccc(OCCCN2C[C@@H](C(=O)O)[C@H](C3CC3)C2)c1. The summed E-state index contributed by atoms with van der Waals surface area (Å²) in [6.45, 7) is 3.16. The minimum atomic E-state index is -0.628. The lowest BCUT2D eigenvalue weighted by atomic mass is 9.92. The molecule has 126 valence electrons. The van der Waals surface area contributed by atoms with Gasteiger partial charge in [0.25, 0.3) is 0 Å². The molecule has 2 atom stereocenters. The molecule has 1 aliphatic heterocycles. The lowest BCUT2D eigenvalue weighted by Gasteiger charge is -2.15. The van der Waals surface area contributed by atoms with Crippen molar-refractivity contribution in [1.82, 2.24) is 4.90 Å². The summed E-state index contributed by atoms with van der Waals surface area (Å²) in [5, 5.41) is 9.38. The standard InChI is InChI=1S/C18H25NO4/c1-22-14-4-2-5-15(10-14)23-9-3-8-19-11-16(13-6-7-13)17(12-19)18(20)21/h2,4-5,10,13,16-17H,3,6-9,11-12H2,1H3,(H,20,21)/t16-,17+/m0/s1. The quantitative estimate of drug-likeness (QED) is 0.746. The third kappa shape index (κ3) is 4.16. The molecule has 0 bridgehead atoms. The van der Waals surface area contributed by atoms with Gasteiger partial charge in [0.2, 0.25) is 0 Å². The molecule has 1 aromatic carbocycles. The monoisotopic (exact) mass is 319 g/mol. The Labute approximate surface area is 137 Å². The van der Waals surface area contributed by atoms with Gasteiger partial charge in [0.05, 0.1) is 19.6 Å². The van der Waals surface area contributed by atoms with Gasteiger partial charge in [-0.3, -0.25) is 4.79 Å². The highest BCUT2D eigenvalue weighted by molar-refractivity contribution is 5.71. The fraction of sp³-hybridized carbons (Fsp3) is 0.611. The average molecular weight is 319 g/mol. The van der Waals surface area contributed by atoms with Gasteiger partial charge in [-0.2, -0.15) is 0 Å². The van der Waals surface area contributed by atoms with Gasteiger partial charge in [-0.15, -0.1) is 0 Å². The molecule has 23 heavy (non-hydrogen) atoms. The minimum Gasteiger partial charge on any atom is -0.497 e. The molecular formula is C18H25NO4. The first-order valence-corrected chi connectivity index (χ1v) is 8.39. The molecule has 1 heterocycles. The minimum absolute atomic E-state index is 0.179. The highest BCUT2D eigenvalue weighted by Crippen LogP contribution is 2.44. The van der Waals surface area contributed by atoms with Crippen molar-refractivity contribution < 1.29 is 19.4 Å². The van der Waals surface area contributed by atoms with Crippen molar-refractivity contribution in [2.24, 2.45) is 17.8 Å². The number of rotatable bonds is 8. The molecule has 1 aliphatic carbocycles. The van der Waals surface area contributed by atoms with Crippen LogP contribution in [-0.2, 0) is 4.79 Å². The first-order valence-electron chi connectivity index (χ1n) is 8.39. The van der Waals surface area contributed by atoms with Crippen LogP contribution in [0.4, 0.5) is 0 Å². The van der Waals surface area contributed by atoms with Crippen molar-refractivity contribution in [3.63, 3.8) is 0 Å². The van der Waals surface area contributed by atoms with Crippen LogP contribution in [0.1, 0.15) is 19.3 Å². The van der Waals surface area contributed by atoms with E-state index in [9.17, 15) is 9.90 Å². The number of carboxylic acids is 1. The molecule has 0 amide bonds. The maximum Gasteiger partial charge on any atom is 0.308 e. The third-order valence-electron chi connectivity index (χ3n) is 4.91. The number of hydrogen-bond donors (Lipinski definition) is 1. The van der Waals surface area contributed by atoms with E-state index in [1.54, 1.807) is 7.11 Å². The van der Waals surface area contributed by atoms with Gasteiger partial charge in [0, 0.05) is 25.7 Å². The molecular weight excluding hydrogens is 294 g/mol. The number of likely N-dealkylation sites (tertiary alicyclic amines) is 1. The van der Waals surface area contributed by atoms with Gasteiger partial charge >= 0.3 is 5.97 Å². The number of methoxy groups -OCH3 is 1. The maximum atomic E-state index is 11.4. The fourth-order valence-electron chi connectivity index (χ4n) is 3.53. The summed E-state index contributed by atoms with van der Waals surface area (Å²) in [6.07, 6.45) is 3.32. The van der Waals surface area contributed by atoms with Gasteiger partial charge in [-0.05, 0) is 43.2 Å². The van der Waals surface area contributed by atoms with Gasteiger partial charge in [0.15, 0.2) is 0 Å². The van der Waals surface area contributed by atoms with Crippen LogP contribution in [0, 0.1) is 17.8 Å². The predicted molar refractivity (Wildman–Crippen MR) is 86.9 cm³/mol. The number of ether oxygens (including phenoxy) is 2. The van der Waals surface area contributed by atoms with E-state index in [0.29, 0.717) is 25.0 Å². The Kier molecular flexibility index (Phi) is 5.06. The maximum absolute atomic E-state index is 11.4. The van der Waals surface area contributed by atoms with E-state index in [-0.39, 0.29) is 5.92 Å². The van der Waals surface area contributed by atoms with Crippen molar-refractivity contribution in [1.29, 1.82) is 0 Å². The largest absolute Gasteiger partial charge is 0.497 e. The number of benzene rings is 1. The van der Waals surface area contributed by atoms with Gasteiger partial charge in [0.1, 0.15) is 11.5 Å². The van der Waals surface area contributed by atoms with Crippen LogP contribution in [-0.4, -0.2) is 49.3 Å². The Morgan fingerprint density at radius 1 is 1.30 bits per heavy atom. The number of hydrogen-bond acceptors (Lipinski definition) is 4. The number of aliphatic carboxylic acids is 1. The highest BCUT2D eigenvalue weighted by atomic mass is 16.5. The van der Waals surface area contributed by atoms with E-state index in [4.69, 9.17) is 9.47 Å². The smallest absolute Gasteiger partial charge is 0.308 e. The molecule has 1 N–H and O–H groups in total. The Bertz CT molecular complexity index is 544. The average Bonchev–Trinajstić information content (AvgIpc) is 3.31. The second kappa shape index (κ2) is 7.21. The van der Waals surface area contributed by atoms with E-state index in [1.165, 1.54) is 12.8 Å². The van der Waals surface area contributed by atoms with E-state index < -0.39 is 5.97 Å². The lowest BCUT2D eigenvalue weighted by molar-refractivity contribution is -0.142. The first kappa shape index (κ1) is 16.1. The predicted octanol–water partition coefficient (Wildman–Crippen LogP) is 2.51. The van der Waals surface area contributed by atoms with Crippen LogP contribution in [0.5, 0.6) is 11.5 Å². The van der Waals surface area contributed by atoms with Crippen LogP contribution in [0.3, 0.4) is 0 Å². The van der Waals surface area contributed by atoms with Gasteiger partial charge in [-0.25, -0.2) is 0 Å². The molecule has 5 nitrogen and oxygen atoms in total. The van der Waals surface area contributed by atoms with Crippen molar-refractivity contribution in [2.75, 3.05) is 33.4 Å². The fourth-order valence-corrected chi connectivity index (χ4v) is 3.53. The molecule has 0 radical (unpaired) electrons. The second-order valence-corrected chi connectivity index (χ2v) is 6.59. The van der Waals surface area contributed by atoms with E-state index in [0.717, 1.165) is 31.0 Å². The van der Waals surface area contributed by atoms with Crippen LogP contribution >= 0.6 is 0 Å². The van der Waals surface area contributed by atoms with Crippen molar-refractivity contribution in [3.05, 3.63) is 24.3 Å². The summed E-state index contributed by atoms with van der Waals surface area (Å²) in [6, 6.07) is 7.59. The number of nitrogens with zero attached hydrogens (tertiary/aromatic N) is 1. The Morgan fingerprint density at radius 2 is 2.09 bits per heavy atom. The zero-order chi connectivity index (χ0) is 16.2. The zero-order valence-corrected chi connectivity index (χ0v) is 13.6. The topological polar surface area (TPSA) is 59.0 Å². The van der Waals surface area contributed by atoms with E-state index in [2.05, 4.69) is 4.90 Å². The van der Waals surface area contributed by atoms with Gasteiger partial charge < -0.3 is 19.5 Å². The van der Waals surface area contributed by atoms with Gasteiger partial charge in [-0.1, -0.05) is 6.07 Å². The van der Waals surface area contributed by atoms with Crippen LogP contribution in [0.25, 0.3) is 0 Å². The summed E-state index contributed by atoms with van der Waals surface area (Å²) in [7, 11) is 1.64. The van der Waals surface area contributed by atoms with Crippen LogP contribution in [0.15, 0.2) is 24.3 Å². The highest BCUT2D eigenvalue weighted by Gasteiger charge is 2.45. The molecule has 3 rings (SSSR count). The molecule has 0 unspecified atom stereocenters. The van der Waals surface area contributed by atoms with Crippen molar-refractivity contribution >= 4 is 5.97 Å². The molecule has 1 saturated carbocycles. The summed E-state index contributed by atoms with van der Waals surface area (Å²) >= 11 is 0. The lowest BCUT2D eigenvalue weighted by Crippen LogP contribution is -2.25. The van der Waals surface area contributed by atoms with Crippen molar-refractivity contribution in [3.8, 4) is 11.5 Å². The van der Waals surface area contributed by atoms with Crippen LogP contribution in [0.2, 0.25) is 0 Å². The first-order chi connectivity index (χ1) is 11.2. The van der Waals surface area contributed by atoms with E-state index >= 15 is 0 Å². The molecule has 0 aromatic heterocycles. The summed E-state index contributed by atoms with van der Waals surface area (Å²) in [5.74, 6) is 1.79. The summed E-state index contributed by atoms with van der Waals surface area (Å²) in [4.78, 5) is 13.7. The van der Waals surface area contributed by atoms with Crippen LogP contribution < -0.4 is 9.47 Å². The molecule has 0 spiro atoms. The molecule has 1 saturated heterocycles. The Hall–Kier alpha value is -1.75. The Balaban J connectivity index is 1.41. The van der Waals surface area contributed by atoms with Crippen molar-refractivity contribution in [2.45, 2.75) is 19.3 Å². The second-order valence-electron chi connectivity index (χ2n) is 6.59. The normalized spacial score (nSPS) is 24.6.